The highest BCUT2D eigenvalue weighted by Gasteiger charge is 2.52. The minimum atomic E-state index is -1.67. The number of epoxide rings is 1. The van der Waals surface area contributed by atoms with Crippen molar-refractivity contribution < 1.29 is 9.53 Å². The third kappa shape index (κ3) is 3.32. The van der Waals surface area contributed by atoms with E-state index < -0.39 is 8.07 Å². The van der Waals surface area contributed by atoms with Gasteiger partial charge in [0, 0.05) is 10.0 Å². The van der Waals surface area contributed by atoms with Gasteiger partial charge in [-0.2, -0.15) is 0 Å². The Kier molecular flexibility index (Phi) is 4.54. The highest BCUT2D eigenvalue weighted by atomic mass is 79.9. The van der Waals surface area contributed by atoms with Crippen molar-refractivity contribution in [1.82, 2.24) is 0 Å². The second kappa shape index (κ2) is 5.63. The van der Waals surface area contributed by atoms with Crippen molar-refractivity contribution in [1.29, 1.82) is 0 Å². The molecule has 0 spiro atoms. The van der Waals surface area contributed by atoms with Crippen molar-refractivity contribution in [3.63, 3.8) is 0 Å². The Morgan fingerprint density at radius 2 is 1.76 bits per heavy atom. The highest BCUT2D eigenvalue weighted by molar-refractivity contribution is 9.10. The lowest BCUT2D eigenvalue weighted by molar-refractivity contribution is -0.120. The smallest absolute Gasteiger partial charge is 0.164 e. The molecule has 3 atom stereocenters. The molecule has 4 heteroatoms. The topological polar surface area (TPSA) is 29.6 Å². The fraction of sp³-hybridized carbons (Fsp3) is 0.588. The lowest BCUT2D eigenvalue weighted by Gasteiger charge is -2.41. The van der Waals surface area contributed by atoms with Crippen LogP contribution in [-0.2, 0) is 9.53 Å². The molecule has 1 aromatic carbocycles. The minimum Gasteiger partial charge on any atom is -0.356 e. The number of halogens is 1. The Morgan fingerprint density at radius 1 is 1.24 bits per heavy atom. The molecule has 1 aliphatic rings. The van der Waals surface area contributed by atoms with E-state index in [1.54, 1.807) is 0 Å². The number of hydrogen-bond acceptors (Lipinski definition) is 2. The van der Waals surface area contributed by atoms with E-state index in [9.17, 15) is 4.79 Å². The van der Waals surface area contributed by atoms with Gasteiger partial charge in [0.05, 0.1) is 8.07 Å². The third-order valence-corrected chi connectivity index (χ3v) is 12.3. The zero-order valence-electron chi connectivity index (χ0n) is 13.7. The number of carbonyl (C=O) groups excluding carboxylic acids is 1. The first-order valence-corrected chi connectivity index (χ1v) is 11.4. The highest BCUT2D eigenvalue weighted by Crippen LogP contribution is 2.48. The van der Waals surface area contributed by atoms with Crippen molar-refractivity contribution in [2.24, 2.45) is 0 Å². The molecule has 0 saturated carbocycles. The Labute approximate surface area is 137 Å². The van der Waals surface area contributed by atoms with Gasteiger partial charge in [0.25, 0.3) is 0 Å². The van der Waals surface area contributed by atoms with Crippen LogP contribution < -0.4 is 0 Å². The summed E-state index contributed by atoms with van der Waals surface area (Å²) in [6.45, 7) is 13.5. The Morgan fingerprint density at radius 3 is 2.24 bits per heavy atom. The summed E-state index contributed by atoms with van der Waals surface area (Å²) in [5.74, 6) is 0.287. The fourth-order valence-electron chi connectivity index (χ4n) is 2.49. The molecule has 2 rings (SSSR count). The second-order valence-corrected chi connectivity index (χ2v) is 14.3. The van der Waals surface area contributed by atoms with Crippen molar-refractivity contribution in [2.45, 2.75) is 63.6 Å². The van der Waals surface area contributed by atoms with E-state index in [-0.39, 0.29) is 28.6 Å². The summed E-state index contributed by atoms with van der Waals surface area (Å²) in [4.78, 5) is 12.7. The Bertz CT molecular complexity index is 531. The van der Waals surface area contributed by atoms with Crippen LogP contribution in [0.1, 0.15) is 39.4 Å². The molecule has 1 aliphatic heterocycles. The molecular formula is C17H25BrO2Si. The molecule has 0 aromatic heterocycles. The third-order valence-electron chi connectivity index (χ3n) is 5.41. The SMILES string of the molecule is C[C@@H](C(=O)[C@H]1O[C@@H]1c1ccc(Br)cc1)[Si](C)(C)C(C)(C)C. The molecule has 1 fully saturated rings. The molecule has 0 N–H and O–H groups in total. The maximum absolute atomic E-state index is 12.7. The molecule has 0 bridgehead atoms. The summed E-state index contributed by atoms with van der Waals surface area (Å²) < 4.78 is 6.74. The summed E-state index contributed by atoms with van der Waals surface area (Å²) in [5, 5.41) is 0.212. The first-order valence-electron chi connectivity index (χ1n) is 7.50. The van der Waals surface area contributed by atoms with Gasteiger partial charge >= 0.3 is 0 Å². The summed E-state index contributed by atoms with van der Waals surface area (Å²) >= 11 is 3.43. The molecule has 1 aromatic rings. The van der Waals surface area contributed by atoms with Crippen LogP contribution in [-0.4, -0.2) is 20.0 Å². The normalized spacial score (nSPS) is 23.8. The quantitative estimate of drug-likeness (QED) is 0.528. The van der Waals surface area contributed by atoms with E-state index in [0.717, 1.165) is 10.0 Å². The maximum Gasteiger partial charge on any atom is 0.164 e. The lowest BCUT2D eigenvalue weighted by atomic mass is 10.1. The maximum atomic E-state index is 12.7. The zero-order chi connectivity index (χ0) is 16.0. The van der Waals surface area contributed by atoms with Crippen LogP contribution in [0.15, 0.2) is 28.7 Å². The largest absolute Gasteiger partial charge is 0.356 e. The number of ketones is 1. The standard InChI is InChI=1S/C17H25BrO2Si/c1-11(21(5,6)17(2,3)4)14(19)16-15(20-16)12-7-9-13(18)10-8-12/h7-11,15-16H,1-6H3/t11-,15+,16+/m0/s1. The number of ether oxygens (including phenoxy) is 1. The van der Waals surface area contributed by atoms with Gasteiger partial charge < -0.3 is 4.74 Å². The molecule has 2 nitrogen and oxygen atoms in total. The molecule has 0 amide bonds. The second-order valence-electron chi connectivity index (χ2n) is 7.62. The van der Waals surface area contributed by atoms with Gasteiger partial charge in [-0.25, -0.2) is 0 Å². The van der Waals surface area contributed by atoms with Gasteiger partial charge in [-0.1, -0.05) is 68.9 Å². The van der Waals surface area contributed by atoms with Crippen LogP contribution in [0.25, 0.3) is 0 Å². The summed E-state index contributed by atoms with van der Waals surface area (Å²) in [6, 6.07) is 8.05. The first kappa shape index (κ1) is 16.9. The minimum absolute atomic E-state index is 0.0437. The van der Waals surface area contributed by atoms with E-state index in [2.05, 4.69) is 56.7 Å². The van der Waals surface area contributed by atoms with Crippen LogP contribution in [0.3, 0.4) is 0 Å². The fourth-order valence-corrected chi connectivity index (χ4v) is 4.93. The van der Waals surface area contributed by atoms with Crippen molar-refractivity contribution in [3.05, 3.63) is 34.3 Å². The average molecular weight is 369 g/mol. The van der Waals surface area contributed by atoms with E-state index in [1.165, 1.54) is 0 Å². The number of carbonyl (C=O) groups is 1. The monoisotopic (exact) mass is 368 g/mol. The summed E-state index contributed by atoms with van der Waals surface area (Å²) in [6.07, 6.45) is -0.284. The van der Waals surface area contributed by atoms with Crippen molar-refractivity contribution >= 4 is 29.8 Å². The molecular weight excluding hydrogens is 344 g/mol. The lowest BCUT2D eigenvalue weighted by Crippen LogP contribution is -2.45. The van der Waals surface area contributed by atoms with E-state index >= 15 is 0 Å². The van der Waals surface area contributed by atoms with Gasteiger partial charge in [-0.05, 0) is 22.7 Å². The molecule has 0 unspecified atom stereocenters. The number of benzene rings is 1. The molecule has 1 heterocycles. The van der Waals surface area contributed by atoms with E-state index in [1.807, 2.05) is 24.3 Å². The number of rotatable bonds is 4. The van der Waals surface area contributed by atoms with Crippen molar-refractivity contribution in [3.8, 4) is 0 Å². The molecule has 21 heavy (non-hydrogen) atoms. The van der Waals surface area contributed by atoms with Crippen LogP contribution in [0.5, 0.6) is 0 Å². The van der Waals surface area contributed by atoms with Gasteiger partial charge in [0.15, 0.2) is 5.78 Å². The Balaban J connectivity index is 2.08. The number of Topliss-reactive ketones (excluding diaryl/α,β-unsaturated/α-hetero) is 1. The molecule has 0 aliphatic carbocycles. The first-order chi connectivity index (χ1) is 9.55. The van der Waals surface area contributed by atoms with E-state index in [4.69, 9.17) is 4.74 Å². The van der Waals surface area contributed by atoms with E-state index in [0.29, 0.717) is 0 Å². The van der Waals surface area contributed by atoms with Gasteiger partial charge in [-0.15, -0.1) is 0 Å². The Hall–Kier alpha value is -0.453. The van der Waals surface area contributed by atoms with Crippen LogP contribution >= 0.6 is 15.9 Å². The summed E-state index contributed by atoms with van der Waals surface area (Å²) in [5.41, 5.74) is 1.21. The molecule has 0 radical (unpaired) electrons. The van der Waals surface area contributed by atoms with Crippen LogP contribution in [0.4, 0.5) is 0 Å². The van der Waals surface area contributed by atoms with Crippen LogP contribution in [0.2, 0.25) is 23.7 Å². The average Bonchev–Trinajstić information content (AvgIpc) is 3.16. The molecule has 116 valence electrons. The van der Waals surface area contributed by atoms with Gasteiger partial charge in [-0.3, -0.25) is 4.79 Å². The zero-order valence-corrected chi connectivity index (χ0v) is 16.3. The predicted molar refractivity (Wildman–Crippen MR) is 93.4 cm³/mol. The van der Waals surface area contributed by atoms with Crippen LogP contribution in [0, 0.1) is 0 Å². The van der Waals surface area contributed by atoms with Gasteiger partial charge in [0.1, 0.15) is 12.2 Å². The van der Waals surface area contributed by atoms with Gasteiger partial charge in [0.2, 0.25) is 0 Å². The summed E-state index contributed by atoms with van der Waals surface area (Å²) in [7, 11) is -1.67. The predicted octanol–water partition coefficient (Wildman–Crippen LogP) is 5.36. The van der Waals surface area contributed by atoms with Crippen molar-refractivity contribution in [2.75, 3.05) is 0 Å². The molecule has 1 saturated heterocycles. The number of hydrogen-bond donors (Lipinski definition) is 0.